The van der Waals surface area contributed by atoms with Crippen molar-refractivity contribution >= 4 is 16.5 Å². The van der Waals surface area contributed by atoms with E-state index in [0.717, 1.165) is 30.9 Å². The van der Waals surface area contributed by atoms with Crippen molar-refractivity contribution in [3.05, 3.63) is 29.8 Å². The van der Waals surface area contributed by atoms with Crippen LogP contribution in [-0.2, 0) is 10.8 Å². The Labute approximate surface area is 114 Å². The fourth-order valence-electron chi connectivity index (χ4n) is 1.98. The zero-order chi connectivity index (χ0) is 13.4. The molecule has 1 N–H and O–H groups in total. The molecule has 1 aliphatic heterocycles. The van der Waals surface area contributed by atoms with Crippen LogP contribution in [-0.4, -0.2) is 22.3 Å². The SMILES string of the molecule is CC.Cc1ccc(NCC2CCS(=O)CC2)cc1. The van der Waals surface area contributed by atoms with Crippen LogP contribution in [0.4, 0.5) is 5.69 Å². The van der Waals surface area contributed by atoms with Gasteiger partial charge in [0.1, 0.15) is 0 Å². The maximum atomic E-state index is 11.2. The van der Waals surface area contributed by atoms with Crippen LogP contribution in [0.5, 0.6) is 0 Å². The molecular weight excluding hydrogens is 242 g/mol. The molecule has 102 valence electrons. The zero-order valence-corrected chi connectivity index (χ0v) is 12.6. The normalized spacial score (nSPS) is 22.8. The first-order valence-electron chi connectivity index (χ1n) is 6.89. The largest absolute Gasteiger partial charge is 0.385 e. The fraction of sp³-hybridized carbons (Fsp3) is 0.600. The third-order valence-electron chi connectivity index (χ3n) is 3.15. The number of aryl methyl sites for hydroxylation is 1. The van der Waals surface area contributed by atoms with Crippen LogP contribution in [0.3, 0.4) is 0 Å². The Bertz CT molecular complexity index is 351. The van der Waals surface area contributed by atoms with Gasteiger partial charge in [-0.05, 0) is 37.8 Å². The van der Waals surface area contributed by atoms with Crippen molar-refractivity contribution in [2.24, 2.45) is 5.92 Å². The quantitative estimate of drug-likeness (QED) is 0.906. The second kappa shape index (κ2) is 8.30. The molecule has 0 amide bonds. The molecule has 0 radical (unpaired) electrons. The second-order valence-corrected chi connectivity index (χ2v) is 6.23. The van der Waals surface area contributed by atoms with E-state index < -0.39 is 10.8 Å². The van der Waals surface area contributed by atoms with Crippen molar-refractivity contribution in [3.63, 3.8) is 0 Å². The number of benzene rings is 1. The minimum atomic E-state index is -0.540. The summed E-state index contributed by atoms with van der Waals surface area (Å²) in [6, 6.07) is 8.49. The van der Waals surface area contributed by atoms with Crippen molar-refractivity contribution in [2.45, 2.75) is 33.6 Å². The van der Waals surface area contributed by atoms with Gasteiger partial charge in [0, 0.05) is 34.5 Å². The minimum absolute atomic E-state index is 0.540. The van der Waals surface area contributed by atoms with Crippen LogP contribution in [0.2, 0.25) is 0 Å². The van der Waals surface area contributed by atoms with Gasteiger partial charge in [-0.15, -0.1) is 0 Å². The molecule has 18 heavy (non-hydrogen) atoms. The van der Waals surface area contributed by atoms with Crippen LogP contribution < -0.4 is 5.32 Å². The summed E-state index contributed by atoms with van der Waals surface area (Å²) in [6.45, 7) is 7.11. The first kappa shape index (κ1) is 15.2. The molecule has 0 saturated carbocycles. The highest BCUT2D eigenvalue weighted by atomic mass is 32.2. The summed E-state index contributed by atoms with van der Waals surface area (Å²) >= 11 is 0. The van der Waals surface area contributed by atoms with E-state index in [0.29, 0.717) is 5.92 Å². The van der Waals surface area contributed by atoms with Gasteiger partial charge >= 0.3 is 0 Å². The first-order chi connectivity index (χ1) is 8.74. The van der Waals surface area contributed by atoms with E-state index in [9.17, 15) is 4.21 Å². The minimum Gasteiger partial charge on any atom is -0.385 e. The molecular formula is C15H25NOS. The van der Waals surface area contributed by atoms with Crippen molar-refractivity contribution in [3.8, 4) is 0 Å². The summed E-state index contributed by atoms with van der Waals surface area (Å²) in [5.74, 6) is 2.47. The molecule has 0 aliphatic carbocycles. The summed E-state index contributed by atoms with van der Waals surface area (Å²) in [5, 5.41) is 3.46. The molecule has 1 saturated heterocycles. The van der Waals surface area contributed by atoms with Gasteiger partial charge in [-0.2, -0.15) is 0 Å². The molecule has 2 rings (SSSR count). The van der Waals surface area contributed by atoms with Crippen LogP contribution in [0.1, 0.15) is 32.3 Å². The predicted octanol–water partition coefficient (Wildman–Crippen LogP) is 3.59. The lowest BCUT2D eigenvalue weighted by Gasteiger charge is -2.22. The summed E-state index contributed by atoms with van der Waals surface area (Å²) in [6.07, 6.45) is 2.21. The molecule has 2 nitrogen and oxygen atoms in total. The Balaban J connectivity index is 0.000000771. The molecule has 0 bridgehead atoms. The van der Waals surface area contributed by atoms with E-state index in [4.69, 9.17) is 0 Å². The van der Waals surface area contributed by atoms with Gasteiger partial charge in [0.25, 0.3) is 0 Å². The van der Waals surface area contributed by atoms with E-state index in [1.807, 2.05) is 13.8 Å². The van der Waals surface area contributed by atoms with E-state index in [1.165, 1.54) is 11.3 Å². The average molecular weight is 267 g/mol. The standard InChI is InChI=1S/C13H19NOS.C2H6/c1-11-2-4-13(5-3-11)14-10-12-6-8-16(15)9-7-12;1-2/h2-5,12,14H,6-10H2,1H3;1-2H3. The molecule has 0 unspecified atom stereocenters. The maximum absolute atomic E-state index is 11.2. The number of rotatable bonds is 3. The average Bonchev–Trinajstić information content (AvgIpc) is 2.42. The summed E-state index contributed by atoms with van der Waals surface area (Å²) in [7, 11) is -0.540. The van der Waals surface area contributed by atoms with Gasteiger partial charge in [-0.25, -0.2) is 0 Å². The monoisotopic (exact) mass is 267 g/mol. The van der Waals surface area contributed by atoms with E-state index in [2.05, 4.69) is 36.5 Å². The highest BCUT2D eigenvalue weighted by Crippen LogP contribution is 2.18. The van der Waals surface area contributed by atoms with Gasteiger partial charge in [0.05, 0.1) is 0 Å². The molecule has 1 fully saturated rings. The Hall–Kier alpha value is -0.830. The van der Waals surface area contributed by atoms with Gasteiger partial charge in [-0.3, -0.25) is 4.21 Å². The molecule has 1 aromatic rings. The highest BCUT2D eigenvalue weighted by molar-refractivity contribution is 7.85. The van der Waals surface area contributed by atoms with Crippen LogP contribution in [0, 0.1) is 12.8 Å². The number of hydrogen-bond acceptors (Lipinski definition) is 2. The summed E-state index contributed by atoms with van der Waals surface area (Å²) < 4.78 is 11.2. The van der Waals surface area contributed by atoms with E-state index in [1.54, 1.807) is 0 Å². The van der Waals surface area contributed by atoms with Crippen LogP contribution in [0.15, 0.2) is 24.3 Å². The summed E-state index contributed by atoms with van der Waals surface area (Å²) in [4.78, 5) is 0. The molecule has 1 heterocycles. The molecule has 1 aromatic carbocycles. The fourth-order valence-corrected chi connectivity index (χ4v) is 3.38. The Kier molecular flexibility index (Phi) is 7.02. The highest BCUT2D eigenvalue weighted by Gasteiger charge is 2.17. The van der Waals surface area contributed by atoms with Crippen molar-refractivity contribution < 1.29 is 4.21 Å². The Morgan fingerprint density at radius 2 is 1.72 bits per heavy atom. The lowest BCUT2D eigenvalue weighted by atomic mass is 10.0. The zero-order valence-electron chi connectivity index (χ0n) is 11.7. The third-order valence-corrected chi connectivity index (χ3v) is 4.54. The predicted molar refractivity (Wildman–Crippen MR) is 81.6 cm³/mol. The Morgan fingerprint density at radius 3 is 2.28 bits per heavy atom. The summed E-state index contributed by atoms with van der Waals surface area (Å²) in [5.41, 5.74) is 2.48. The van der Waals surface area contributed by atoms with Gasteiger partial charge in [-0.1, -0.05) is 31.5 Å². The molecule has 3 heteroatoms. The van der Waals surface area contributed by atoms with Crippen molar-refractivity contribution in [1.29, 1.82) is 0 Å². The molecule has 1 aliphatic rings. The topological polar surface area (TPSA) is 29.1 Å². The lowest BCUT2D eigenvalue weighted by molar-refractivity contribution is 0.505. The van der Waals surface area contributed by atoms with Gasteiger partial charge < -0.3 is 5.32 Å². The molecule has 0 atom stereocenters. The third kappa shape index (κ3) is 5.21. The smallest absolute Gasteiger partial charge is 0.0340 e. The van der Waals surface area contributed by atoms with E-state index >= 15 is 0 Å². The second-order valence-electron chi connectivity index (χ2n) is 4.54. The van der Waals surface area contributed by atoms with Gasteiger partial charge in [0.15, 0.2) is 0 Å². The van der Waals surface area contributed by atoms with Gasteiger partial charge in [0.2, 0.25) is 0 Å². The Morgan fingerprint density at radius 1 is 1.17 bits per heavy atom. The molecule has 0 aromatic heterocycles. The van der Waals surface area contributed by atoms with Crippen LogP contribution in [0.25, 0.3) is 0 Å². The first-order valence-corrected chi connectivity index (χ1v) is 8.38. The van der Waals surface area contributed by atoms with E-state index in [-0.39, 0.29) is 0 Å². The van der Waals surface area contributed by atoms with Crippen molar-refractivity contribution in [2.75, 3.05) is 23.4 Å². The van der Waals surface area contributed by atoms with Crippen LogP contribution >= 0.6 is 0 Å². The number of hydrogen-bond donors (Lipinski definition) is 1. The number of anilines is 1. The number of nitrogens with one attached hydrogen (secondary N) is 1. The van der Waals surface area contributed by atoms with Crippen molar-refractivity contribution in [1.82, 2.24) is 0 Å². The lowest BCUT2D eigenvalue weighted by Crippen LogP contribution is -2.24. The molecule has 0 spiro atoms. The maximum Gasteiger partial charge on any atom is 0.0340 e.